The summed E-state index contributed by atoms with van der Waals surface area (Å²) in [4.78, 5) is 0. The van der Waals surface area contributed by atoms with Crippen molar-refractivity contribution in [3.63, 3.8) is 0 Å². The van der Waals surface area contributed by atoms with Gasteiger partial charge in [0.2, 0.25) is 0 Å². The Morgan fingerprint density at radius 3 is 2.71 bits per heavy atom. The molecule has 0 radical (unpaired) electrons. The third-order valence-electron chi connectivity index (χ3n) is 3.44. The van der Waals surface area contributed by atoms with E-state index in [1.165, 1.54) is 32.1 Å². The van der Waals surface area contributed by atoms with Crippen LogP contribution in [0.5, 0.6) is 5.75 Å². The Labute approximate surface area is 103 Å². The highest BCUT2D eigenvalue weighted by atomic mass is 16.5. The number of nitriles is 1. The van der Waals surface area contributed by atoms with Gasteiger partial charge in [0.05, 0.1) is 19.1 Å². The predicted octanol–water partition coefficient (Wildman–Crippen LogP) is 3.71. The van der Waals surface area contributed by atoms with Crippen molar-refractivity contribution in [3.8, 4) is 11.8 Å². The first-order chi connectivity index (χ1) is 8.40. The van der Waals surface area contributed by atoms with Gasteiger partial charge in [0.1, 0.15) is 5.75 Å². The zero-order valence-corrected chi connectivity index (χ0v) is 10.2. The molecule has 0 bridgehead atoms. The normalized spacial score (nSPS) is 16.4. The molecule has 1 aromatic rings. The average molecular weight is 229 g/mol. The van der Waals surface area contributed by atoms with Gasteiger partial charge in [-0.15, -0.1) is 0 Å². The van der Waals surface area contributed by atoms with Gasteiger partial charge in [0.15, 0.2) is 0 Å². The van der Waals surface area contributed by atoms with Crippen molar-refractivity contribution in [1.29, 1.82) is 5.26 Å². The standard InChI is InChI=1S/C15H19NO/c16-11-10-14-8-4-5-9-15(14)17-12-13-6-2-1-3-7-13/h4-5,8-9,13H,1-3,6-7,10,12H2. The molecule has 1 fully saturated rings. The van der Waals surface area contributed by atoms with Crippen LogP contribution in [0.3, 0.4) is 0 Å². The lowest BCUT2D eigenvalue weighted by molar-refractivity contribution is 0.207. The van der Waals surface area contributed by atoms with E-state index in [9.17, 15) is 0 Å². The van der Waals surface area contributed by atoms with Gasteiger partial charge in [-0.25, -0.2) is 0 Å². The highest BCUT2D eigenvalue weighted by molar-refractivity contribution is 5.35. The lowest BCUT2D eigenvalue weighted by atomic mass is 9.90. The van der Waals surface area contributed by atoms with E-state index in [-0.39, 0.29) is 0 Å². The second-order valence-electron chi connectivity index (χ2n) is 4.76. The van der Waals surface area contributed by atoms with E-state index >= 15 is 0 Å². The summed E-state index contributed by atoms with van der Waals surface area (Å²) in [7, 11) is 0. The van der Waals surface area contributed by atoms with Crippen molar-refractivity contribution in [1.82, 2.24) is 0 Å². The van der Waals surface area contributed by atoms with Crippen LogP contribution in [0.4, 0.5) is 0 Å². The third-order valence-corrected chi connectivity index (χ3v) is 3.44. The van der Waals surface area contributed by atoms with E-state index in [0.29, 0.717) is 12.3 Å². The summed E-state index contributed by atoms with van der Waals surface area (Å²) < 4.78 is 5.88. The lowest BCUT2D eigenvalue weighted by Crippen LogP contribution is -2.15. The third kappa shape index (κ3) is 3.49. The molecule has 0 aromatic heterocycles. The maximum absolute atomic E-state index is 8.76. The van der Waals surface area contributed by atoms with Crippen molar-refractivity contribution in [3.05, 3.63) is 29.8 Å². The molecule has 90 valence electrons. The van der Waals surface area contributed by atoms with E-state index in [1.54, 1.807) is 0 Å². The van der Waals surface area contributed by atoms with Crippen LogP contribution in [-0.4, -0.2) is 6.61 Å². The Morgan fingerprint density at radius 1 is 1.18 bits per heavy atom. The van der Waals surface area contributed by atoms with Gasteiger partial charge in [-0.3, -0.25) is 0 Å². The summed E-state index contributed by atoms with van der Waals surface area (Å²) in [6.45, 7) is 0.808. The highest BCUT2D eigenvalue weighted by Crippen LogP contribution is 2.25. The number of nitrogens with zero attached hydrogens (tertiary/aromatic N) is 1. The molecule has 2 nitrogen and oxygen atoms in total. The molecule has 1 aromatic carbocycles. The van der Waals surface area contributed by atoms with Gasteiger partial charge >= 0.3 is 0 Å². The Balaban J connectivity index is 1.91. The van der Waals surface area contributed by atoms with Crippen LogP contribution in [0.25, 0.3) is 0 Å². The quantitative estimate of drug-likeness (QED) is 0.788. The zero-order valence-electron chi connectivity index (χ0n) is 10.2. The van der Waals surface area contributed by atoms with Gasteiger partial charge in [-0.2, -0.15) is 5.26 Å². The molecule has 0 heterocycles. The van der Waals surface area contributed by atoms with Gasteiger partial charge in [-0.1, -0.05) is 37.5 Å². The molecule has 1 saturated carbocycles. The van der Waals surface area contributed by atoms with Crippen molar-refractivity contribution in [2.45, 2.75) is 38.5 Å². The number of para-hydroxylation sites is 1. The Kier molecular flexibility index (Phi) is 4.44. The van der Waals surface area contributed by atoms with Crippen LogP contribution < -0.4 is 4.74 Å². The number of hydrogen-bond acceptors (Lipinski definition) is 2. The summed E-state index contributed by atoms with van der Waals surface area (Å²) in [6, 6.07) is 10.0. The molecule has 0 saturated heterocycles. The molecule has 2 heteroatoms. The van der Waals surface area contributed by atoms with E-state index in [0.717, 1.165) is 17.9 Å². The van der Waals surface area contributed by atoms with Crippen molar-refractivity contribution in [2.75, 3.05) is 6.61 Å². The first-order valence-electron chi connectivity index (χ1n) is 6.48. The maximum Gasteiger partial charge on any atom is 0.123 e. The van der Waals surface area contributed by atoms with E-state index in [1.807, 2.05) is 24.3 Å². The SMILES string of the molecule is N#CCc1ccccc1OCC1CCCCC1. The number of benzene rings is 1. The van der Waals surface area contributed by atoms with Crippen LogP contribution >= 0.6 is 0 Å². The Hall–Kier alpha value is -1.49. The van der Waals surface area contributed by atoms with Crippen molar-refractivity contribution in [2.24, 2.45) is 5.92 Å². The summed E-state index contributed by atoms with van der Waals surface area (Å²) in [5.41, 5.74) is 1.01. The minimum Gasteiger partial charge on any atom is -0.493 e. The molecule has 0 amide bonds. The monoisotopic (exact) mass is 229 g/mol. The van der Waals surface area contributed by atoms with Gasteiger partial charge in [0, 0.05) is 5.56 Å². The predicted molar refractivity (Wildman–Crippen MR) is 67.8 cm³/mol. The molecule has 0 spiro atoms. The largest absolute Gasteiger partial charge is 0.493 e. The molecular formula is C15H19NO. The molecule has 0 atom stereocenters. The van der Waals surface area contributed by atoms with E-state index in [4.69, 9.17) is 10.00 Å². The van der Waals surface area contributed by atoms with E-state index < -0.39 is 0 Å². The smallest absolute Gasteiger partial charge is 0.123 e. The Bertz CT molecular complexity index is 388. The fourth-order valence-electron chi connectivity index (χ4n) is 2.44. The molecule has 1 aliphatic carbocycles. The molecular weight excluding hydrogens is 210 g/mol. The summed E-state index contributed by atoms with van der Waals surface area (Å²) in [6.07, 6.45) is 7.07. The fourth-order valence-corrected chi connectivity index (χ4v) is 2.44. The molecule has 0 unspecified atom stereocenters. The highest BCUT2D eigenvalue weighted by Gasteiger charge is 2.14. The summed E-state index contributed by atoms with van der Waals surface area (Å²) in [5.74, 6) is 1.60. The van der Waals surface area contributed by atoms with E-state index in [2.05, 4.69) is 6.07 Å². The zero-order chi connectivity index (χ0) is 11.9. The van der Waals surface area contributed by atoms with Crippen LogP contribution in [-0.2, 0) is 6.42 Å². The number of ether oxygens (including phenoxy) is 1. The lowest BCUT2D eigenvalue weighted by Gasteiger charge is -2.22. The molecule has 0 aliphatic heterocycles. The van der Waals surface area contributed by atoms with Gasteiger partial charge in [0.25, 0.3) is 0 Å². The Morgan fingerprint density at radius 2 is 1.94 bits per heavy atom. The number of hydrogen-bond donors (Lipinski definition) is 0. The first kappa shape index (κ1) is 12.0. The minimum absolute atomic E-state index is 0.431. The first-order valence-corrected chi connectivity index (χ1v) is 6.48. The van der Waals surface area contributed by atoms with Crippen molar-refractivity contribution >= 4 is 0 Å². The van der Waals surface area contributed by atoms with Gasteiger partial charge < -0.3 is 4.74 Å². The summed E-state index contributed by atoms with van der Waals surface area (Å²) >= 11 is 0. The number of rotatable bonds is 4. The van der Waals surface area contributed by atoms with Crippen molar-refractivity contribution < 1.29 is 4.74 Å². The molecule has 17 heavy (non-hydrogen) atoms. The maximum atomic E-state index is 8.76. The second kappa shape index (κ2) is 6.30. The van der Waals surface area contributed by atoms with Crippen LogP contribution in [0.1, 0.15) is 37.7 Å². The topological polar surface area (TPSA) is 33.0 Å². The molecule has 0 N–H and O–H groups in total. The van der Waals surface area contributed by atoms with Gasteiger partial charge in [-0.05, 0) is 24.8 Å². The van der Waals surface area contributed by atoms with Crippen LogP contribution in [0.2, 0.25) is 0 Å². The fraction of sp³-hybridized carbons (Fsp3) is 0.533. The minimum atomic E-state index is 0.431. The van der Waals surface area contributed by atoms with Crippen LogP contribution in [0, 0.1) is 17.2 Å². The second-order valence-corrected chi connectivity index (χ2v) is 4.76. The van der Waals surface area contributed by atoms with Crippen LogP contribution in [0.15, 0.2) is 24.3 Å². The molecule has 2 rings (SSSR count). The average Bonchev–Trinajstić information content (AvgIpc) is 2.39. The molecule has 1 aliphatic rings. The summed E-state index contributed by atoms with van der Waals surface area (Å²) in [5, 5.41) is 8.76.